The van der Waals surface area contributed by atoms with Crippen LogP contribution < -0.4 is 0 Å². The van der Waals surface area contributed by atoms with Crippen LogP contribution in [0.5, 0.6) is 0 Å². The number of nitrogens with zero attached hydrogens (tertiary/aromatic N) is 1. The van der Waals surface area contributed by atoms with Gasteiger partial charge in [-0.1, -0.05) is 57.2 Å². The lowest BCUT2D eigenvalue weighted by atomic mass is 9.61. The molecular formula is C32H47NO3. The highest BCUT2D eigenvalue weighted by Gasteiger charge is 2.55. The van der Waals surface area contributed by atoms with Gasteiger partial charge in [-0.15, -0.1) is 0 Å². The molecule has 0 aromatic rings. The second-order valence-corrected chi connectivity index (χ2v) is 12.6. The third-order valence-corrected chi connectivity index (χ3v) is 10.5. The van der Waals surface area contributed by atoms with Gasteiger partial charge < -0.3 is 14.9 Å². The van der Waals surface area contributed by atoms with Gasteiger partial charge in [-0.2, -0.15) is 0 Å². The largest absolute Gasteiger partial charge is 0.478 e. The molecule has 0 aromatic heterocycles. The average molecular weight is 494 g/mol. The van der Waals surface area contributed by atoms with Crippen molar-refractivity contribution >= 4 is 5.90 Å². The number of aliphatic hydroxyl groups is 2. The van der Waals surface area contributed by atoms with Crippen LogP contribution in [0.3, 0.4) is 0 Å². The Hall–Kier alpha value is -1.65. The number of hydrogen-bond donors (Lipinski definition) is 2. The minimum atomic E-state index is -0.508. The van der Waals surface area contributed by atoms with Gasteiger partial charge >= 0.3 is 0 Å². The molecule has 0 radical (unpaired) electrons. The number of allylic oxidation sites excluding steroid dienone is 4. The molecule has 4 saturated carbocycles. The zero-order valence-electron chi connectivity index (χ0n) is 22.7. The Morgan fingerprint density at radius 2 is 1.92 bits per heavy atom. The molecule has 7 atom stereocenters. The molecule has 198 valence electrons. The van der Waals surface area contributed by atoms with Gasteiger partial charge in [0.2, 0.25) is 0 Å². The SMILES string of the molecule is C=C1/C(=C\C=C2/CCCC3(C)C2CC[C@@H]3[C@H](C)/C=C/C(O)C2(C3=NC(CC)CO3)CC2)CCCC1O. The first-order valence-corrected chi connectivity index (χ1v) is 14.6. The Labute approximate surface area is 218 Å². The van der Waals surface area contributed by atoms with Crippen LogP contribution in [0.1, 0.15) is 91.4 Å². The van der Waals surface area contributed by atoms with Crippen LogP contribution in [0, 0.1) is 28.6 Å². The van der Waals surface area contributed by atoms with E-state index in [1.165, 1.54) is 37.7 Å². The maximum Gasteiger partial charge on any atom is 0.193 e. The number of rotatable bonds is 7. The van der Waals surface area contributed by atoms with Crippen LogP contribution in [0.25, 0.3) is 0 Å². The van der Waals surface area contributed by atoms with Crippen molar-refractivity contribution in [2.24, 2.45) is 33.6 Å². The Balaban J connectivity index is 1.26. The molecule has 0 saturated heterocycles. The van der Waals surface area contributed by atoms with Crippen LogP contribution in [0.15, 0.2) is 52.6 Å². The zero-order valence-corrected chi connectivity index (χ0v) is 22.7. The molecule has 0 spiro atoms. The fourth-order valence-electron chi connectivity index (χ4n) is 7.84. The highest BCUT2D eigenvalue weighted by Crippen LogP contribution is 2.60. The quantitative estimate of drug-likeness (QED) is 0.388. The number of hydrogen-bond acceptors (Lipinski definition) is 4. The van der Waals surface area contributed by atoms with Crippen LogP contribution in [-0.4, -0.2) is 41.0 Å². The number of fused-ring (bicyclic) bond motifs is 1. The van der Waals surface area contributed by atoms with E-state index >= 15 is 0 Å². The first-order valence-electron chi connectivity index (χ1n) is 14.6. The van der Waals surface area contributed by atoms with E-state index in [9.17, 15) is 10.2 Å². The van der Waals surface area contributed by atoms with Crippen LogP contribution in [0.2, 0.25) is 0 Å². The molecule has 0 aromatic carbocycles. The normalized spacial score (nSPS) is 39.8. The lowest BCUT2D eigenvalue weighted by Gasteiger charge is -2.44. The maximum absolute atomic E-state index is 11.1. The van der Waals surface area contributed by atoms with Crippen molar-refractivity contribution in [3.63, 3.8) is 0 Å². The first kappa shape index (κ1) is 26.0. The second-order valence-electron chi connectivity index (χ2n) is 12.6. The summed E-state index contributed by atoms with van der Waals surface area (Å²) in [6, 6.07) is 0.258. The van der Waals surface area contributed by atoms with Crippen molar-refractivity contribution in [1.29, 1.82) is 0 Å². The summed E-state index contributed by atoms with van der Waals surface area (Å²) in [4.78, 5) is 4.77. The number of aliphatic hydroxyl groups excluding tert-OH is 2. The van der Waals surface area contributed by atoms with E-state index in [2.05, 4.69) is 51.7 Å². The molecule has 4 nitrogen and oxygen atoms in total. The summed E-state index contributed by atoms with van der Waals surface area (Å²) in [6.07, 6.45) is 20.2. The van der Waals surface area contributed by atoms with Crippen LogP contribution in [-0.2, 0) is 4.74 Å². The first-order chi connectivity index (χ1) is 17.3. The molecule has 2 N–H and O–H groups in total. The molecule has 0 bridgehead atoms. The monoisotopic (exact) mass is 493 g/mol. The van der Waals surface area contributed by atoms with Crippen molar-refractivity contribution in [3.05, 3.63) is 47.6 Å². The molecule has 4 aliphatic carbocycles. The zero-order chi connectivity index (χ0) is 25.5. The Morgan fingerprint density at radius 3 is 2.64 bits per heavy atom. The standard InChI is InChI=1S/C32H47NO3/c1-5-25-20-36-30(33-25)32(18-19-32)29(35)16-11-21(2)26-14-15-27-24(9-7-17-31(26,27)4)13-12-23-8-6-10-28(34)22(23)3/h11-13,16,21,25-29,34-35H,3,5-10,14-15,17-20H2,1-2,4H3/b16-11+,23-12-,24-13+/t21-,25?,26-,27?,28?,29?,31?/m1/s1. The van der Waals surface area contributed by atoms with Gasteiger partial charge in [-0.25, -0.2) is 4.99 Å². The Bertz CT molecular complexity index is 970. The van der Waals surface area contributed by atoms with E-state index < -0.39 is 6.10 Å². The highest BCUT2D eigenvalue weighted by atomic mass is 16.5. The molecule has 4 fully saturated rings. The molecule has 5 unspecified atom stereocenters. The van der Waals surface area contributed by atoms with E-state index in [0.29, 0.717) is 29.8 Å². The van der Waals surface area contributed by atoms with Gasteiger partial charge in [0.25, 0.3) is 0 Å². The van der Waals surface area contributed by atoms with Crippen molar-refractivity contribution in [2.45, 2.75) is 110 Å². The minimum absolute atomic E-state index is 0.258. The summed E-state index contributed by atoms with van der Waals surface area (Å²) in [5, 5.41) is 21.3. The average Bonchev–Trinajstić information content (AvgIpc) is 3.39. The predicted molar refractivity (Wildman–Crippen MR) is 147 cm³/mol. The molecule has 1 heterocycles. The van der Waals surface area contributed by atoms with Gasteiger partial charge in [-0.05, 0) is 105 Å². The summed E-state index contributed by atoms with van der Waals surface area (Å²) >= 11 is 0. The smallest absolute Gasteiger partial charge is 0.193 e. The van der Waals surface area contributed by atoms with Crippen molar-refractivity contribution in [3.8, 4) is 0 Å². The fraction of sp³-hybridized carbons (Fsp3) is 0.719. The van der Waals surface area contributed by atoms with E-state index in [-0.39, 0.29) is 17.6 Å². The van der Waals surface area contributed by atoms with Gasteiger partial charge in [0.15, 0.2) is 5.90 Å². The summed E-state index contributed by atoms with van der Waals surface area (Å²) in [5.74, 6) is 2.51. The predicted octanol–water partition coefficient (Wildman–Crippen LogP) is 6.70. The summed E-state index contributed by atoms with van der Waals surface area (Å²) < 4.78 is 5.92. The van der Waals surface area contributed by atoms with Gasteiger partial charge in [0, 0.05) is 0 Å². The van der Waals surface area contributed by atoms with Gasteiger partial charge in [-0.3, -0.25) is 0 Å². The van der Waals surface area contributed by atoms with Crippen molar-refractivity contribution < 1.29 is 14.9 Å². The molecular weight excluding hydrogens is 446 g/mol. The summed E-state index contributed by atoms with van der Waals surface area (Å²) in [7, 11) is 0. The lowest BCUT2D eigenvalue weighted by Crippen LogP contribution is -2.35. The number of aliphatic imine (C=N–C) groups is 1. The van der Waals surface area contributed by atoms with E-state index in [4.69, 9.17) is 9.73 Å². The van der Waals surface area contributed by atoms with E-state index in [0.717, 1.165) is 50.0 Å². The summed E-state index contributed by atoms with van der Waals surface area (Å²) in [6.45, 7) is 11.8. The van der Waals surface area contributed by atoms with Crippen molar-refractivity contribution in [1.82, 2.24) is 0 Å². The van der Waals surface area contributed by atoms with Crippen LogP contribution >= 0.6 is 0 Å². The van der Waals surface area contributed by atoms with Crippen molar-refractivity contribution in [2.75, 3.05) is 6.61 Å². The van der Waals surface area contributed by atoms with Crippen LogP contribution in [0.4, 0.5) is 0 Å². The maximum atomic E-state index is 11.1. The second kappa shape index (κ2) is 10.3. The number of ether oxygens (including phenoxy) is 1. The van der Waals surface area contributed by atoms with Gasteiger partial charge in [0.05, 0.1) is 23.7 Å². The van der Waals surface area contributed by atoms with Gasteiger partial charge in [0.1, 0.15) is 6.61 Å². The lowest BCUT2D eigenvalue weighted by molar-refractivity contribution is 0.111. The molecule has 1 aliphatic heterocycles. The topological polar surface area (TPSA) is 62.1 Å². The Kier molecular flexibility index (Phi) is 7.40. The third kappa shape index (κ3) is 4.69. The molecule has 5 rings (SSSR count). The molecule has 36 heavy (non-hydrogen) atoms. The molecule has 4 heteroatoms. The minimum Gasteiger partial charge on any atom is -0.478 e. The van der Waals surface area contributed by atoms with E-state index in [1.807, 2.05) is 0 Å². The Morgan fingerprint density at radius 1 is 1.11 bits per heavy atom. The molecule has 5 aliphatic rings. The van der Waals surface area contributed by atoms with E-state index in [1.54, 1.807) is 5.57 Å². The highest BCUT2D eigenvalue weighted by molar-refractivity contribution is 5.87. The molecule has 0 amide bonds. The fourth-order valence-corrected chi connectivity index (χ4v) is 7.84. The third-order valence-electron chi connectivity index (χ3n) is 10.5. The summed E-state index contributed by atoms with van der Waals surface area (Å²) in [5.41, 5.74) is 3.80.